The third-order valence-electron chi connectivity index (χ3n) is 6.98. The molecule has 6 rings (SSSR count). The van der Waals surface area contributed by atoms with Crippen molar-refractivity contribution in [3.8, 4) is 0 Å². The lowest BCUT2D eigenvalue weighted by atomic mass is 9.69. The molecular formula is C19H26N2O2. The van der Waals surface area contributed by atoms with E-state index < -0.39 is 11.3 Å². The smallest absolute Gasteiger partial charge is 0.187 e. The van der Waals surface area contributed by atoms with Crippen LogP contribution in [0.15, 0.2) is 24.3 Å². The first-order valence-electron chi connectivity index (χ1n) is 9.16. The zero-order valence-corrected chi connectivity index (χ0v) is 13.8. The Morgan fingerprint density at radius 2 is 2.26 bits per heavy atom. The zero-order valence-electron chi connectivity index (χ0n) is 13.8. The number of aliphatic hydroxyl groups is 1. The van der Waals surface area contributed by atoms with Crippen molar-refractivity contribution in [2.24, 2.45) is 11.8 Å². The second-order valence-corrected chi connectivity index (χ2v) is 7.83. The van der Waals surface area contributed by atoms with Crippen molar-refractivity contribution in [1.82, 2.24) is 4.90 Å². The van der Waals surface area contributed by atoms with Crippen LogP contribution in [0, 0.1) is 11.8 Å². The van der Waals surface area contributed by atoms with Gasteiger partial charge >= 0.3 is 0 Å². The van der Waals surface area contributed by atoms with E-state index in [9.17, 15) is 5.11 Å². The van der Waals surface area contributed by atoms with E-state index in [0.717, 1.165) is 42.6 Å². The molecule has 4 fully saturated rings. The number of hydrogen-bond acceptors (Lipinski definition) is 4. The summed E-state index contributed by atoms with van der Waals surface area (Å²) < 4.78 is 6.31. The van der Waals surface area contributed by atoms with Gasteiger partial charge in [-0.05, 0) is 37.3 Å². The van der Waals surface area contributed by atoms with Crippen LogP contribution < -0.4 is 5.32 Å². The molecule has 2 N–H and O–H groups in total. The van der Waals surface area contributed by atoms with Gasteiger partial charge in [0.05, 0.1) is 12.6 Å². The number of hydrogen-bond donors (Lipinski definition) is 2. The van der Waals surface area contributed by atoms with E-state index in [4.69, 9.17) is 4.74 Å². The van der Waals surface area contributed by atoms with Crippen LogP contribution in [0.2, 0.25) is 0 Å². The summed E-state index contributed by atoms with van der Waals surface area (Å²) in [4.78, 5) is 2.59. The third-order valence-corrected chi connectivity index (χ3v) is 6.98. The molecule has 0 saturated carbocycles. The maximum atomic E-state index is 11.6. The highest BCUT2D eigenvalue weighted by Crippen LogP contribution is 2.57. The standard InChI is InChI=1S/C19H26N2O2/c1-2-13-12-21-9-7-14(13)11-17(21)19-18(22,8-10-23-19)15-5-3-4-6-16(15)20-19/h3-6,13-14,17,20,22H,2,7-12H2,1H3. The molecule has 1 aromatic rings. The highest BCUT2D eigenvalue weighted by Gasteiger charge is 2.67. The molecule has 0 spiro atoms. The molecule has 6 atom stereocenters. The molecule has 4 heteroatoms. The molecule has 2 bridgehead atoms. The van der Waals surface area contributed by atoms with Gasteiger partial charge in [-0.2, -0.15) is 0 Å². The molecule has 5 heterocycles. The van der Waals surface area contributed by atoms with E-state index in [1.807, 2.05) is 12.1 Å². The fourth-order valence-electron chi connectivity index (χ4n) is 5.77. The van der Waals surface area contributed by atoms with Crippen LogP contribution in [-0.4, -0.2) is 41.5 Å². The van der Waals surface area contributed by atoms with Crippen LogP contribution in [-0.2, 0) is 10.3 Å². The minimum absolute atomic E-state index is 0.268. The summed E-state index contributed by atoms with van der Waals surface area (Å²) in [6.07, 6.45) is 4.39. The summed E-state index contributed by atoms with van der Waals surface area (Å²) in [5.41, 5.74) is 0.512. The fourth-order valence-corrected chi connectivity index (χ4v) is 5.77. The Bertz CT molecular complexity index is 636. The Hall–Kier alpha value is -1.10. The second kappa shape index (κ2) is 4.71. The molecule has 1 aromatic carbocycles. The first-order chi connectivity index (χ1) is 11.2. The number of para-hydroxylation sites is 1. The topological polar surface area (TPSA) is 44.7 Å². The lowest BCUT2D eigenvalue weighted by Crippen LogP contribution is -2.68. The number of benzene rings is 1. The maximum Gasteiger partial charge on any atom is 0.187 e. The summed E-state index contributed by atoms with van der Waals surface area (Å²) in [5, 5.41) is 15.2. The normalized spacial score (nSPS) is 47.2. The summed E-state index contributed by atoms with van der Waals surface area (Å²) in [6, 6.07) is 8.45. The highest BCUT2D eigenvalue weighted by atomic mass is 16.5. The first-order valence-corrected chi connectivity index (χ1v) is 9.16. The van der Waals surface area contributed by atoms with Crippen molar-refractivity contribution in [1.29, 1.82) is 0 Å². The Labute approximate surface area is 137 Å². The Kier molecular flexibility index (Phi) is 2.92. The Balaban J connectivity index is 1.56. The van der Waals surface area contributed by atoms with Gasteiger partial charge in [-0.25, -0.2) is 0 Å². The van der Waals surface area contributed by atoms with Crippen molar-refractivity contribution in [2.45, 2.75) is 50.0 Å². The molecule has 6 unspecified atom stereocenters. The summed E-state index contributed by atoms with van der Waals surface area (Å²) in [6.45, 7) is 5.24. The molecule has 23 heavy (non-hydrogen) atoms. The van der Waals surface area contributed by atoms with Crippen LogP contribution in [0.25, 0.3) is 0 Å². The van der Waals surface area contributed by atoms with E-state index in [-0.39, 0.29) is 6.04 Å². The monoisotopic (exact) mass is 314 g/mol. The average Bonchev–Trinajstić information content (AvgIpc) is 3.05. The van der Waals surface area contributed by atoms with E-state index in [0.29, 0.717) is 13.0 Å². The molecular weight excluding hydrogens is 288 g/mol. The van der Waals surface area contributed by atoms with Gasteiger partial charge in [0.25, 0.3) is 0 Å². The summed E-state index contributed by atoms with van der Waals surface area (Å²) >= 11 is 0. The predicted octanol–water partition coefficient (Wildman–Crippen LogP) is 2.54. The number of piperidine rings is 3. The lowest BCUT2D eigenvalue weighted by Gasteiger charge is -2.56. The van der Waals surface area contributed by atoms with E-state index in [1.54, 1.807) is 0 Å². The van der Waals surface area contributed by atoms with Gasteiger partial charge in [0.15, 0.2) is 5.72 Å². The third kappa shape index (κ3) is 1.67. The SMILES string of the molecule is CCC1CN2CCC1CC2C12Nc3ccccc3C1(O)CCO2. The summed E-state index contributed by atoms with van der Waals surface area (Å²) in [5.74, 6) is 1.60. The number of nitrogens with zero attached hydrogens (tertiary/aromatic N) is 1. The van der Waals surface area contributed by atoms with Crippen LogP contribution in [0.1, 0.15) is 38.2 Å². The van der Waals surface area contributed by atoms with Gasteiger partial charge in [0, 0.05) is 24.2 Å². The predicted molar refractivity (Wildman–Crippen MR) is 89.1 cm³/mol. The van der Waals surface area contributed by atoms with Gasteiger partial charge < -0.3 is 15.2 Å². The number of ether oxygens (including phenoxy) is 1. The van der Waals surface area contributed by atoms with Gasteiger partial charge in [-0.1, -0.05) is 31.5 Å². The van der Waals surface area contributed by atoms with Crippen molar-refractivity contribution < 1.29 is 9.84 Å². The molecule has 0 radical (unpaired) electrons. The minimum atomic E-state index is -0.895. The fraction of sp³-hybridized carbons (Fsp3) is 0.684. The second-order valence-electron chi connectivity index (χ2n) is 7.83. The molecule has 4 nitrogen and oxygen atoms in total. The molecule has 0 aromatic heterocycles. The van der Waals surface area contributed by atoms with Gasteiger partial charge in [0.2, 0.25) is 0 Å². The Morgan fingerprint density at radius 3 is 3.04 bits per heavy atom. The molecule has 4 saturated heterocycles. The molecule has 5 aliphatic heterocycles. The van der Waals surface area contributed by atoms with Crippen LogP contribution in [0.3, 0.4) is 0 Å². The lowest BCUT2D eigenvalue weighted by molar-refractivity contribution is -0.172. The van der Waals surface area contributed by atoms with Crippen molar-refractivity contribution >= 4 is 5.69 Å². The van der Waals surface area contributed by atoms with Crippen LogP contribution >= 0.6 is 0 Å². The van der Waals surface area contributed by atoms with Gasteiger partial charge in [-0.3, -0.25) is 4.90 Å². The quantitative estimate of drug-likeness (QED) is 0.880. The van der Waals surface area contributed by atoms with E-state index >= 15 is 0 Å². The van der Waals surface area contributed by atoms with E-state index in [1.165, 1.54) is 12.8 Å². The molecule has 5 aliphatic rings. The van der Waals surface area contributed by atoms with Crippen LogP contribution in [0.5, 0.6) is 0 Å². The van der Waals surface area contributed by atoms with Crippen molar-refractivity contribution in [2.75, 3.05) is 25.0 Å². The number of anilines is 1. The zero-order chi connectivity index (χ0) is 15.7. The molecule has 0 amide bonds. The van der Waals surface area contributed by atoms with E-state index in [2.05, 4.69) is 29.3 Å². The van der Waals surface area contributed by atoms with Gasteiger partial charge in [-0.15, -0.1) is 0 Å². The maximum absolute atomic E-state index is 11.6. The summed E-state index contributed by atoms with van der Waals surface area (Å²) in [7, 11) is 0. The van der Waals surface area contributed by atoms with Crippen LogP contribution in [0.4, 0.5) is 5.69 Å². The number of rotatable bonds is 2. The van der Waals surface area contributed by atoms with Crippen molar-refractivity contribution in [3.63, 3.8) is 0 Å². The number of fused-ring (bicyclic) bond motifs is 7. The average molecular weight is 314 g/mol. The highest BCUT2D eigenvalue weighted by molar-refractivity contribution is 5.63. The van der Waals surface area contributed by atoms with Crippen molar-refractivity contribution in [3.05, 3.63) is 29.8 Å². The Morgan fingerprint density at radius 1 is 1.39 bits per heavy atom. The molecule has 0 aliphatic carbocycles. The molecule has 124 valence electrons. The van der Waals surface area contributed by atoms with Gasteiger partial charge in [0.1, 0.15) is 5.60 Å². The minimum Gasteiger partial charge on any atom is -0.380 e. The number of nitrogens with one attached hydrogen (secondary N) is 1. The first kappa shape index (κ1) is 14.3. The largest absolute Gasteiger partial charge is 0.380 e.